The van der Waals surface area contributed by atoms with Crippen molar-refractivity contribution in [2.75, 3.05) is 39.3 Å². The number of rotatable bonds is 8. The molecule has 156 valence electrons. The molecule has 1 aromatic carbocycles. The van der Waals surface area contributed by atoms with Gasteiger partial charge in [-0.2, -0.15) is 0 Å². The molecule has 3 rings (SSSR count). The highest BCUT2D eigenvalue weighted by Crippen LogP contribution is 2.21. The molecular formula is C20H30Cl2N4O2. The molecule has 1 aromatic heterocycles. The minimum absolute atomic E-state index is 0. The molecule has 28 heavy (non-hydrogen) atoms. The molecule has 1 amide bonds. The highest BCUT2D eigenvalue weighted by Gasteiger charge is 2.10. The van der Waals surface area contributed by atoms with E-state index in [2.05, 4.69) is 27.4 Å². The molecule has 2 aromatic rings. The topological polar surface area (TPSA) is 70.4 Å². The van der Waals surface area contributed by atoms with Gasteiger partial charge < -0.3 is 20.0 Å². The first-order valence-electron chi connectivity index (χ1n) is 9.42. The average Bonchev–Trinajstić information content (AvgIpc) is 3.14. The Bertz CT molecular complexity index is 700. The van der Waals surface area contributed by atoms with Crippen molar-refractivity contribution in [3.8, 4) is 11.3 Å². The van der Waals surface area contributed by atoms with E-state index >= 15 is 0 Å². The number of nitrogens with one attached hydrogen (secondary N) is 2. The standard InChI is InChI=1S/C20H28N4O2.2ClH/c1-16-3-5-17(6-4-16)18-15-23-20(26-18)8-7-19(25)22-9-2-12-24-13-10-21-11-14-24;;/h3-6,15,21H,2,7-14H2,1H3,(H,22,25);2*1H. The molecule has 0 aliphatic carbocycles. The highest BCUT2D eigenvalue weighted by molar-refractivity contribution is 5.85. The Balaban J connectivity index is 0.00000196. The number of nitrogens with zero attached hydrogens (tertiary/aromatic N) is 2. The normalized spacial score (nSPS) is 14.0. The molecule has 0 atom stereocenters. The van der Waals surface area contributed by atoms with E-state index in [4.69, 9.17) is 4.42 Å². The quantitative estimate of drug-likeness (QED) is 0.632. The van der Waals surface area contributed by atoms with Gasteiger partial charge in [0.05, 0.1) is 6.20 Å². The Hall–Kier alpha value is -1.60. The summed E-state index contributed by atoms with van der Waals surface area (Å²) in [5.74, 6) is 1.41. The predicted octanol–water partition coefficient (Wildman–Crippen LogP) is 2.84. The van der Waals surface area contributed by atoms with E-state index in [1.807, 2.05) is 24.3 Å². The van der Waals surface area contributed by atoms with Crippen LogP contribution in [0.4, 0.5) is 0 Å². The number of benzene rings is 1. The summed E-state index contributed by atoms with van der Waals surface area (Å²) >= 11 is 0. The summed E-state index contributed by atoms with van der Waals surface area (Å²) in [4.78, 5) is 18.7. The third-order valence-corrected chi connectivity index (χ3v) is 4.64. The second-order valence-corrected chi connectivity index (χ2v) is 6.78. The Morgan fingerprint density at radius 2 is 1.93 bits per heavy atom. The molecule has 0 spiro atoms. The second-order valence-electron chi connectivity index (χ2n) is 6.78. The van der Waals surface area contributed by atoms with Gasteiger partial charge >= 0.3 is 0 Å². The summed E-state index contributed by atoms with van der Waals surface area (Å²) in [6.07, 6.45) is 3.64. The van der Waals surface area contributed by atoms with Gasteiger partial charge in [-0.1, -0.05) is 29.8 Å². The molecule has 1 aliphatic rings. The maximum atomic E-state index is 12.0. The van der Waals surface area contributed by atoms with Crippen molar-refractivity contribution in [2.45, 2.75) is 26.2 Å². The van der Waals surface area contributed by atoms with E-state index in [-0.39, 0.29) is 30.7 Å². The molecule has 1 fully saturated rings. The van der Waals surface area contributed by atoms with Crippen LogP contribution in [0.2, 0.25) is 0 Å². The van der Waals surface area contributed by atoms with Crippen LogP contribution >= 0.6 is 24.8 Å². The zero-order valence-electron chi connectivity index (χ0n) is 16.3. The van der Waals surface area contributed by atoms with E-state index in [1.54, 1.807) is 6.20 Å². The molecular weight excluding hydrogens is 399 g/mol. The summed E-state index contributed by atoms with van der Waals surface area (Å²) < 4.78 is 5.76. The Labute approximate surface area is 179 Å². The van der Waals surface area contributed by atoms with E-state index in [1.165, 1.54) is 5.56 Å². The van der Waals surface area contributed by atoms with E-state index < -0.39 is 0 Å². The molecule has 6 nitrogen and oxygen atoms in total. The third kappa shape index (κ3) is 7.80. The Kier molecular flexibility index (Phi) is 11.2. The fraction of sp³-hybridized carbons (Fsp3) is 0.500. The molecule has 0 bridgehead atoms. The van der Waals surface area contributed by atoms with Gasteiger partial charge in [-0.25, -0.2) is 4.98 Å². The van der Waals surface area contributed by atoms with Gasteiger partial charge in [0.25, 0.3) is 0 Å². The Morgan fingerprint density at radius 3 is 2.64 bits per heavy atom. The summed E-state index contributed by atoms with van der Waals surface area (Å²) in [5.41, 5.74) is 2.22. The van der Waals surface area contributed by atoms with Crippen LogP contribution in [0.25, 0.3) is 11.3 Å². The van der Waals surface area contributed by atoms with Crippen LogP contribution in [0.1, 0.15) is 24.3 Å². The van der Waals surface area contributed by atoms with E-state index in [0.29, 0.717) is 18.7 Å². The maximum absolute atomic E-state index is 12.0. The number of halogens is 2. The number of carbonyl (C=O) groups is 1. The molecule has 0 radical (unpaired) electrons. The fourth-order valence-electron chi connectivity index (χ4n) is 3.05. The predicted molar refractivity (Wildman–Crippen MR) is 116 cm³/mol. The van der Waals surface area contributed by atoms with Gasteiger partial charge in [0.2, 0.25) is 5.91 Å². The summed E-state index contributed by atoms with van der Waals surface area (Å²) in [6.45, 7) is 8.14. The van der Waals surface area contributed by atoms with Crippen LogP contribution in [0.5, 0.6) is 0 Å². The van der Waals surface area contributed by atoms with Gasteiger partial charge in [0, 0.05) is 51.1 Å². The number of piperazine rings is 1. The first kappa shape index (κ1) is 24.4. The van der Waals surface area contributed by atoms with Crippen molar-refractivity contribution in [1.29, 1.82) is 0 Å². The fourth-order valence-corrected chi connectivity index (χ4v) is 3.05. The van der Waals surface area contributed by atoms with Crippen LogP contribution < -0.4 is 10.6 Å². The maximum Gasteiger partial charge on any atom is 0.220 e. The van der Waals surface area contributed by atoms with Crippen molar-refractivity contribution < 1.29 is 9.21 Å². The molecule has 2 N–H and O–H groups in total. The Morgan fingerprint density at radius 1 is 1.21 bits per heavy atom. The van der Waals surface area contributed by atoms with Crippen LogP contribution in [0.15, 0.2) is 34.9 Å². The molecule has 0 saturated carbocycles. The van der Waals surface area contributed by atoms with Crippen LogP contribution in [-0.4, -0.2) is 55.1 Å². The average molecular weight is 429 g/mol. The van der Waals surface area contributed by atoms with Gasteiger partial charge in [-0.3, -0.25) is 4.79 Å². The van der Waals surface area contributed by atoms with Crippen molar-refractivity contribution in [3.05, 3.63) is 41.9 Å². The zero-order valence-corrected chi connectivity index (χ0v) is 17.9. The van der Waals surface area contributed by atoms with Gasteiger partial charge in [-0.15, -0.1) is 24.8 Å². The minimum Gasteiger partial charge on any atom is -0.441 e. The number of oxazole rings is 1. The van der Waals surface area contributed by atoms with Crippen molar-refractivity contribution in [3.63, 3.8) is 0 Å². The first-order chi connectivity index (χ1) is 12.7. The van der Waals surface area contributed by atoms with Crippen LogP contribution in [-0.2, 0) is 11.2 Å². The lowest BCUT2D eigenvalue weighted by Gasteiger charge is -2.27. The van der Waals surface area contributed by atoms with Gasteiger partial charge in [0.1, 0.15) is 0 Å². The van der Waals surface area contributed by atoms with E-state index in [9.17, 15) is 4.79 Å². The first-order valence-corrected chi connectivity index (χ1v) is 9.42. The lowest BCUT2D eigenvalue weighted by molar-refractivity contribution is -0.121. The molecule has 1 saturated heterocycles. The van der Waals surface area contributed by atoms with Crippen molar-refractivity contribution in [1.82, 2.24) is 20.5 Å². The molecule has 2 heterocycles. The highest BCUT2D eigenvalue weighted by atomic mass is 35.5. The number of hydrogen-bond donors (Lipinski definition) is 2. The molecule has 8 heteroatoms. The summed E-state index contributed by atoms with van der Waals surface area (Å²) in [6, 6.07) is 8.13. The van der Waals surface area contributed by atoms with Crippen LogP contribution in [0, 0.1) is 6.92 Å². The SMILES string of the molecule is Cc1ccc(-c2cnc(CCC(=O)NCCCN3CCNCC3)o2)cc1.Cl.Cl. The number of hydrogen-bond acceptors (Lipinski definition) is 5. The molecule has 0 unspecified atom stereocenters. The smallest absolute Gasteiger partial charge is 0.220 e. The van der Waals surface area contributed by atoms with Gasteiger partial charge in [0.15, 0.2) is 11.7 Å². The van der Waals surface area contributed by atoms with Gasteiger partial charge in [-0.05, 0) is 19.9 Å². The lowest BCUT2D eigenvalue weighted by atomic mass is 10.1. The summed E-state index contributed by atoms with van der Waals surface area (Å²) in [5, 5.41) is 6.33. The lowest BCUT2D eigenvalue weighted by Crippen LogP contribution is -2.44. The monoisotopic (exact) mass is 428 g/mol. The van der Waals surface area contributed by atoms with Crippen molar-refractivity contribution in [2.24, 2.45) is 0 Å². The molecule has 1 aliphatic heterocycles. The zero-order chi connectivity index (χ0) is 18.2. The summed E-state index contributed by atoms with van der Waals surface area (Å²) in [7, 11) is 0. The van der Waals surface area contributed by atoms with Crippen molar-refractivity contribution >= 4 is 30.7 Å². The number of aromatic nitrogens is 1. The largest absolute Gasteiger partial charge is 0.441 e. The van der Waals surface area contributed by atoms with E-state index in [0.717, 1.165) is 57.0 Å². The number of aryl methyl sites for hydroxylation is 2. The second kappa shape index (κ2) is 12.8. The minimum atomic E-state index is 0. The third-order valence-electron chi connectivity index (χ3n) is 4.64. The number of amides is 1. The number of carbonyl (C=O) groups excluding carboxylic acids is 1. The van der Waals surface area contributed by atoms with Crippen LogP contribution in [0.3, 0.4) is 0 Å².